The fraction of sp³-hybridized carbons (Fsp3) is 0.615. The van der Waals surface area contributed by atoms with Gasteiger partial charge in [0.1, 0.15) is 0 Å². The topological polar surface area (TPSA) is 49.3 Å². The Morgan fingerprint density at radius 1 is 1.59 bits per heavy atom. The van der Waals surface area contributed by atoms with Crippen molar-refractivity contribution in [1.29, 1.82) is 0 Å². The summed E-state index contributed by atoms with van der Waals surface area (Å²) in [5, 5.41) is 14.3. The Bertz CT molecular complexity index is 324. The van der Waals surface area contributed by atoms with E-state index in [0.29, 0.717) is 5.92 Å². The molecule has 0 aliphatic rings. The lowest BCUT2D eigenvalue weighted by Crippen LogP contribution is -2.27. The Labute approximate surface area is 107 Å². The number of rotatable bonds is 8. The van der Waals surface area contributed by atoms with Crippen LogP contribution in [0.1, 0.15) is 44.0 Å². The van der Waals surface area contributed by atoms with E-state index in [1.165, 1.54) is 12.8 Å². The summed E-state index contributed by atoms with van der Waals surface area (Å²) in [6.45, 7) is 5.25. The van der Waals surface area contributed by atoms with Crippen molar-refractivity contribution < 1.29 is 9.90 Å². The number of carbonyl (C=O) groups is 1. The molecule has 0 saturated carbocycles. The predicted molar refractivity (Wildman–Crippen MR) is 71.4 cm³/mol. The Balaban J connectivity index is 2.50. The van der Waals surface area contributed by atoms with Crippen LogP contribution in [-0.2, 0) is 4.79 Å². The number of aliphatic carboxylic acids is 1. The molecule has 0 fully saturated rings. The summed E-state index contributed by atoms with van der Waals surface area (Å²) in [4.78, 5) is 11.9. The standard InChI is InChI=1S/C13H21NO2S/c1-3-5-10(2)9-14-11(8-13(15)16)12-6-4-7-17-12/h4,6-7,10-11,14H,3,5,8-9H2,1-2H3,(H,15,16). The molecule has 17 heavy (non-hydrogen) atoms. The molecule has 0 radical (unpaired) electrons. The first-order valence-corrected chi connectivity index (χ1v) is 7.00. The highest BCUT2D eigenvalue weighted by atomic mass is 32.1. The first-order chi connectivity index (χ1) is 8.13. The van der Waals surface area contributed by atoms with Gasteiger partial charge in [-0.05, 0) is 30.3 Å². The van der Waals surface area contributed by atoms with E-state index in [1.54, 1.807) is 11.3 Å². The normalized spacial score (nSPS) is 14.5. The Morgan fingerprint density at radius 2 is 2.35 bits per heavy atom. The number of carboxylic acid groups (broad SMARTS) is 1. The van der Waals surface area contributed by atoms with E-state index in [2.05, 4.69) is 19.2 Å². The number of carboxylic acids is 1. The molecule has 0 aliphatic carbocycles. The number of thiophene rings is 1. The van der Waals surface area contributed by atoms with Gasteiger partial charge >= 0.3 is 5.97 Å². The molecule has 0 aromatic carbocycles. The molecule has 3 nitrogen and oxygen atoms in total. The zero-order valence-corrected chi connectivity index (χ0v) is 11.3. The maximum absolute atomic E-state index is 10.8. The molecule has 0 saturated heterocycles. The fourth-order valence-corrected chi connectivity index (χ4v) is 2.68. The lowest BCUT2D eigenvalue weighted by Gasteiger charge is -2.18. The second kappa shape index (κ2) is 7.45. The van der Waals surface area contributed by atoms with Crippen LogP contribution < -0.4 is 5.32 Å². The molecule has 0 bridgehead atoms. The van der Waals surface area contributed by atoms with E-state index >= 15 is 0 Å². The minimum Gasteiger partial charge on any atom is -0.481 e. The SMILES string of the molecule is CCCC(C)CNC(CC(=O)O)c1cccs1. The van der Waals surface area contributed by atoms with Gasteiger partial charge in [-0.25, -0.2) is 0 Å². The maximum atomic E-state index is 10.8. The van der Waals surface area contributed by atoms with Gasteiger partial charge < -0.3 is 10.4 Å². The van der Waals surface area contributed by atoms with Crippen LogP contribution >= 0.6 is 11.3 Å². The van der Waals surface area contributed by atoms with Crippen molar-refractivity contribution in [3.63, 3.8) is 0 Å². The van der Waals surface area contributed by atoms with Gasteiger partial charge in [0.2, 0.25) is 0 Å². The average Bonchev–Trinajstić information content (AvgIpc) is 2.77. The van der Waals surface area contributed by atoms with Gasteiger partial charge in [-0.1, -0.05) is 26.3 Å². The highest BCUT2D eigenvalue weighted by Gasteiger charge is 2.16. The van der Waals surface area contributed by atoms with Gasteiger partial charge in [0.05, 0.1) is 12.5 Å². The minimum absolute atomic E-state index is 0.0493. The zero-order chi connectivity index (χ0) is 12.7. The summed E-state index contributed by atoms with van der Waals surface area (Å²) >= 11 is 1.61. The largest absolute Gasteiger partial charge is 0.481 e. The smallest absolute Gasteiger partial charge is 0.305 e. The Hall–Kier alpha value is -0.870. The van der Waals surface area contributed by atoms with E-state index < -0.39 is 5.97 Å². The molecule has 0 amide bonds. The molecule has 2 N–H and O–H groups in total. The van der Waals surface area contributed by atoms with Crippen molar-refractivity contribution in [2.45, 2.75) is 39.2 Å². The Morgan fingerprint density at radius 3 is 2.88 bits per heavy atom. The van der Waals surface area contributed by atoms with E-state index in [4.69, 9.17) is 5.11 Å². The van der Waals surface area contributed by atoms with Crippen molar-refractivity contribution in [2.24, 2.45) is 5.92 Å². The average molecular weight is 255 g/mol. The fourth-order valence-electron chi connectivity index (χ4n) is 1.88. The molecule has 2 atom stereocenters. The summed E-state index contributed by atoms with van der Waals surface area (Å²) in [6, 6.07) is 3.91. The predicted octanol–water partition coefficient (Wildman–Crippen LogP) is 3.29. The summed E-state index contributed by atoms with van der Waals surface area (Å²) in [5.41, 5.74) is 0. The van der Waals surface area contributed by atoms with Crippen molar-refractivity contribution in [1.82, 2.24) is 5.32 Å². The molecule has 1 aromatic rings. The Kier molecular flexibility index (Phi) is 6.22. The van der Waals surface area contributed by atoms with Gasteiger partial charge in [0, 0.05) is 4.88 Å². The van der Waals surface area contributed by atoms with Crippen molar-refractivity contribution in [3.05, 3.63) is 22.4 Å². The molecule has 1 rings (SSSR count). The van der Waals surface area contributed by atoms with Crippen LogP contribution in [0.2, 0.25) is 0 Å². The number of hydrogen-bond donors (Lipinski definition) is 2. The summed E-state index contributed by atoms with van der Waals surface area (Å²) in [6.07, 6.45) is 2.50. The van der Waals surface area contributed by atoms with Crippen molar-refractivity contribution in [2.75, 3.05) is 6.54 Å². The molecule has 1 aromatic heterocycles. The quantitative estimate of drug-likeness (QED) is 0.749. The van der Waals surface area contributed by atoms with Gasteiger partial charge in [-0.3, -0.25) is 4.79 Å². The first kappa shape index (κ1) is 14.2. The van der Waals surface area contributed by atoms with E-state index in [9.17, 15) is 4.79 Å². The van der Waals surface area contributed by atoms with Crippen LogP contribution in [0.3, 0.4) is 0 Å². The van der Waals surface area contributed by atoms with Gasteiger partial charge in [-0.15, -0.1) is 11.3 Å². The zero-order valence-electron chi connectivity index (χ0n) is 10.5. The highest BCUT2D eigenvalue weighted by Crippen LogP contribution is 2.22. The third kappa shape index (κ3) is 5.33. The third-order valence-electron chi connectivity index (χ3n) is 2.76. The molecule has 0 aliphatic heterocycles. The molecule has 2 unspecified atom stereocenters. The summed E-state index contributed by atoms with van der Waals surface area (Å²) < 4.78 is 0. The number of hydrogen-bond acceptors (Lipinski definition) is 3. The van der Waals surface area contributed by atoms with Crippen LogP contribution in [-0.4, -0.2) is 17.6 Å². The molecular formula is C13H21NO2S. The molecule has 0 spiro atoms. The van der Waals surface area contributed by atoms with Crippen LogP contribution in [0.5, 0.6) is 0 Å². The third-order valence-corrected chi connectivity index (χ3v) is 3.75. The summed E-state index contributed by atoms with van der Waals surface area (Å²) in [5.74, 6) is -0.157. The van der Waals surface area contributed by atoms with Gasteiger partial charge in [-0.2, -0.15) is 0 Å². The lowest BCUT2D eigenvalue weighted by molar-refractivity contribution is -0.137. The minimum atomic E-state index is -0.751. The van der Waals surface area contributed by atoms with Crippen LogP contribution in [0.25, 0.3) is 0 Å². The van der Waals surface area contributed by atoms with Gasteiger partial charge in [0.15, 0.2) is 0 Å². The van der Waals surface area contributed by atoms with Crippen LogP contribution in [0.15, 0.2) is 17.5 Å². The van der Waals surface area contributed by atoms with E-state index in [1.807, 2.05) is 17.5 Å². The number of nitrogens with one attached hydrogen (secondary N) is 1. The molecule has 1 heterocycles. The first-order valence-electron chi connectivity index (χ1n) is 6.12. The molecule has 96 valence electrons. The summed E-state index contributed by atoms with van der Waals surface area (Å²) in [7, 11) is 0. The van der Waals surface area contributed by atoms with Crippen molar-refractivity contribution >= 4 is 17.3 Å². The van der Waals surface area contributed by atoms with Gasteiger partial charge in [0.25, 0.3) is 0 Å². The van der Waals surface area contributed by atoms with Crippen LogP contribution in [0.4, 0.5) is 0 Å². The van der Waals surface area contributed by atoms with E-state index in [-0.39, 0.29) is 12.5 Å². The highest BCUT2D eigenvalue weighted by molar-refractivity contribution is 7.10. The second-order valence-corrected chi connectivity index (χ2v) is 5.45. The van der Waals surface area contributed by atoms with E-state index in [0.717, 1.165) is 11.4 Å². The monoisotopic (exact) mass is 255 g/mol. The van der Waals surface area contributed by atoms with Crippen molar-refractivity contribution in [3.8, 4) is 0 Å². The lowest BCUT2D eigenvalue weighted by atomic mass is 10.1. The molecule has 4 heteroatoms. The second-order valence-electron chi connectivity index (χ2n) is 4.47. The molecular weight excluding hydrogens is 234 g/mol. The maximum Gasteiger partial charge on any atom is 0.305 e. The van der Waals surface area contributed by atoms with Crippen LogP contribution in [0, 0.1) is 5.92 Å².